The van der Waals surface area contributed by atoms with Crippen molar-refractivity contribution >= 4 is 5.97 Å². The highest BCUT2D eigenvalue weighted by Crippen LogP contribution is 2.24. The molecule has 0 saturated carbocycles. The standard InChI is InChI=1S/C25H38O3/c1-4-6-7-8-9-10-11-12-16-19-24(23(5-2)21(3)25(26)27)28-20-22-17-14-13-15-18-22/h2,13-15,17-18,21,23-24H,4,6-12,16,19-20H2,1,3H3,(H,26,27)/t21-,23+,24?/m0/s1. The third kappa shape index (κ3) is 9.95. The van der Waals surface area contributed by atoms with Crippen LogP contribution in [-0.4, -0.2) is 17.2 Å². The van der Waals surface area contributed by atoms with Gasteiger partial charge < -0.3 is 9.84 Å². The van der Waals surface area contributed by atoms with Crippen molar-refractivity contribution in [1.82, 2.24) is 0 Å². The summed E-state index contributed by atoms with van der Waals surface area (Å²) < 4.78 is 6.12. The van der Waals surface area contributed by atoms with Gasteiger partial charge in [-0.1, -0.05) is 108 Å². The molecule has 0 bridgehead atoms. The summed E-state index contributed by atoms with van der Waals surface area (Å²) in [6.07, 6.45) is 17.6. The minimum absolute atomic E-state index is 0.221. The first-order valence-electron chi connectivity index (χ1n) is 10.9. The van der Waals surface area contributed by atoms with Crippen LogP contribution in [0.5, 0.6) is 0 Å². The number of ether oxygens (including phenoxy) is 1. The van der Waals surface area contributed by atoms with Crippen LogP contribution in [0.25, 0.3) is 0 Å². The number of benzene rings is 1. The van der Waals surface area contributed by atoms with Gasteiger partial charge in [-0.2, -0.15) is 0 Å². The Balaban J connectivity index is 2.46. The summed E-state index contributed by atoms with van der Waals surface area (Å²) in [4.78, 5) is 11.5. The van der Waals surface area contributed by atoms with Crippen LogP contribution in [0.3, 0.4) is 0 Å². The Kier molecular flexibility index (Phi) is 13.1. The number of hydrogen-bond donors (Lipinski definition) is 1. The average Bonchev–Trinajstić information content (AvgIpc) is 2.71. The lowest BCUT2D eigenvalue weighted by molar-refractivity contribution is -0.144. The number of rotatable bonds is 16. The molecule has 28 heavy (non-hydrogen) atoms. The van der Waals surface area contributed by atoms with E-state index in [1.54, 1.807) is 6.92 Å². The molecule has 0 aliphatic carbocycles. The highest BCUT2D eigenvalue weighted by Gasteiger charge is 2.30. The SMILES string of the molecule is C#C[C@@H](C(CCCCCCCCCCC)OCc1ccccc1)[C@H](C)C(=O)O. The fourth-order valence-corrected chi connectivity index (χ4v) is 3.53. The highest BCUT2D eigenvalue weighted by atomic mass is 16.5. The summed E-state index contributed by atoms with van der Waals surface area (Å²) in [5, 5.41) is 9.40. The molecule has 1 aromatic carbocycles. The number of terminal acetylenes is 1. The maximum Gasteiger partial charge on any atom is 0.307 e. The molecule has 0 spiro atoms. The van der Waals surface area contributed by atoms with E-state index in [1.807, 2.05) is 30.3 Å². The number of unbranched alkanes of at least 4 members (excludes halogenated alkanes) is 8. The van der Waals surface area contributed by atoms with Crippen molar-refractivity contribution in [2.75, 3.05) is 0 Å². The lowest BCUT2D eigenvalue weighted by atomic mass is 9.86. The monoisotopic (exact) mass is 386 g/mol. The molecule has 0 aliphatic rings. The lowest BCUT2D eigenvalue weighted by Gasteiger charge is -2.26. The van der Waals surface area contributed by atoms with Crippen LogP contribution >= 0.6 is 0 Å². The molecule has 0 radical (unpaired) electrons. The van der Waals surface area contributed by atoms with Crippen molar-refractivity contribution in [2.45, 2.75) is 90.8 Å². The smallest absolute Gasteiger partial charge is 0.307 e. The van der Waals surface area contributed by atoms with Crippen LogP contribution in [0.1, 0.15) is 83.6 Å². The second-order valence-electron chi connectivity index (χ2n) is 7.77. The van der Waals surface area contributed by atoms with Gasteiger partial charge in [0.2, 0.25) is 0 Å². The van der Waals surface area contributed by atoms with Gasteiger partial charge in [0.25, 0.3) is 0 Å². The van der Waals surface area contributed by atoms with E-state index in [0.29, 0.717) is 6.61 Å². The zero-order chi connectivity index (χ0) is 20.6. The van der Waals surface area contributed by atoms with Gasteiger partial charge in [0.1, 0.15) is 0 Å². The minimum Gasteiger partial charge on any atom is -0.481 e. The van der Waals surface area contributed by atoms with Crippen molar-refractivity contribution in [3.63, 3.8) is 0 Å². The first-order valence-corrected chi connectivity index (χ1v) is 10.9. The molecule has 1 rings (SSSR count). The second kappa shape index (κ2) is 15.2. The Labute approximate surface area is 171 Å². The predicted octanol–water partition coefficient (Wildman–Crippen LogP) is 6.46. The Bertz CT molecular complexity index is 561. The molecule has 0 aromatic heterocycles. The zero-order valence-corrected chi connectivity index (χ0v) is 17.7. The summed E-state index contributed by atoms with van der Waals surface area (Å²) in [6, 6.07) is 9.96. The van der Waals surface area contributed by atoms with Crippen molar-refractivity contribution in [1.29, 1.82) is 0 Å². The van der Waals surface area contributed by atoms with Gasteiger partial charge in [0.05, 0.1) is 24.5 Å². The van der Waals surface area contributed by atoms with E-state index in [-0.39, 0.29) is 6.10 Å². The first kappa shape index (κ1) is 24.2. The van der Waals surface area contributed by atoms with Crippen molar-refractivity contribution in [3.8, 4) is 12.3 Å². The second-order valence-corrected chi connectivity index (χ2v) is 7.77. The lowest BCUT2D eigenvalue weighted by Crippen LogP contribution is -2.32. The molecular weight excluding hydrogens is 348 g/mol. The summed E-state index contributed by atoms with van der Waals surface area (Å²) in [7, 11) is 0. The third-order valence-electron chi connectivity index (χ3n) is 5.42. The van der Waals surface area contributed by atoms with Gasteiger partial charge in [0, 0.05) is 0 Å². The fraction of sp³-hybridized carbons (Fsp3) is 0.640. The normalized spacial score (nSPS) is 14.2. The predicted molar refractivity (Wildman–Crippen MR) is 116 cm³/mol. The Morgan fingerprint density at radius 2 is 1.61 bits per heavy atom. The van der Waals surface area contributed by atoms with Crippen LogP contribution in [-0.2, 0) is 16.1 Å². The quantitative estimate of drug-likeness (QED) is 0.262. The molecular formula is C25H38O3. The molecule has 3 heteroatoms. The summed E-state index contributed by atoms with van der Waals surface area (Å²) in [5.41, 5.74) is 1.08. The number of aliphatic carboxylic acids is 1. The van der Waals surface area contributed by atoms with Crippen LogP contribution < -0.4 is 0 Å². The molecule has 3 nitrogen and oxygen atoms in total. The van der Waals surface area contributed by atoms with Crippen molar-refractivity contribution in [3.05, 3.63) is 35.9 Å². The molecule has 0 aliphatic heterocycles. The maximum absolute atomic E-state index is 11.5. The van der Waals surface area contributed by atoms with E-state index in [0.717, 1.165) is 24.8 Å². The van der Waals surface area contributed by atoms with Gasteiger partial charge >= 0.3 is 5.97 Å². The van der Waals surface area contributed by atoms with Gasteiger partial charge in [-0.25, -0.2) is 0 Å². The van der Waals surface area contributed by atoms with Crippen LogP contribution in [0.15, 0.2) is 30.3 Å². The molecule has 1 aromatic rings. The number of carboxylic acid groups (broad SMARTS) is 1. The highest BCUT2D eigenvalue weighted by molar-refractivity contribution is 5.70. The van der Waals surface area contributed by atoms with Gasteiger partial charge in [-0.3, -0.25) is 4.79 Å². The molecule has 0 saturated heterocycles. The van der Waals surface area contributed by atoms with E-state index in [4.69, 9.17) is 11.2 Å². The van der Waals surface area contributed by atoms with Crippen LogP contribution in [0.4, 0.5) is 0 Å². The van der Waals surface area contributed by atoms with Crippen molar-refractivity contribution in [2.24, 2.45) is 11.8 Å². The molecule has 0 heterocycles. The van der Waals surface area contributed by atoms with E-state index in [1.165, 1.54) is 44.9 Å². The Morgan fingerprint density at radius 1 is 1.04 bits per heavy atom. The van der Waals surface area contributed by atoms with Gasteiger partial charge in [0.15, 0.2) is 0 Å². The van der Waals surface area contributed by atoms with Crippen LogP contribution in [0.2, 0.25) is 0 Å². The molecule has 3 atom stereocenters. The largest absolute Gasteiger partial charge is 0.481 e. The number of carboxylic acids is 1. The number of hydrogen-bond acceptors (Lipinski definition) is 2. The topological polar surface area (TPSA) is 46.5 Å². The van der Waals surface area contributed by atoms with E-state index in [9.17, 15) is 9.90 Å². The van der Waals surface area contributed by atoms with Crippen LogP contribution in [0, 0.1) is 24.2 Å². The zero-order valence-electron chi connectivity index (χ0n) is 17.7. The summed E-state index contributed by atoms with van der Waals surface area (Å²) in [6.45, 7) is 4.39. The summed E-state index contributed by atoms with van der Waals surface area (Å²) >= 11 is 0. The maximum atomic E-state index is 11.5. The molecule has 1 unspecified atom stereocenters. The summed E-state index contributed by atoms with van der Waals surface area (Å²) in [5.74, 6) is 0.822. The van der Waals surface area contributed by atoms with E-state index in [2.05, 4.69) is 12.8 Å². The Hall–Kier alpha value is -1.79. The van der Waals surface area contributed by atoms with E-state index >= 15 is 0 Å². The van der Waals surface area contributed by atoms with Gasteiger partial charge in [-0.15, -0.1) is 6.42 Å². The minimum atomic E-state index is -0.858. The Morgan fingerprint density at radius 3 is 2.14 bits per heavy atom. The molecule has 0 fully saturated rings. The first-order chi connectivity index (χ1) is 13.6. The number of carbonyl (C=O) groups is 1. The molecule has 156 valence electrons. The molecule has 0 amide bonds. The van der Waals surface area contributed by atoms with E-state index < -0.39 is 17.8 Å². The van der Waals surface area contributed by atoms with Crippen molar-refractivity contribution < 1.29 is 14.6 Å². The third-order valence-corrected chi connectivity index (χ3v) is 5.42. The average molecular weight is 387 g/mol. The molecule has 1 N–H and O–H groups in total. The fourth-order valence-electron chi connectivity index (χ4n) is 3.53. The van der Waals surface area contributed by atoms with Gasteiger partial charge in [-0.05, 0) is 12.0 Å².